The lowest BCUT2D eigenvalue weighted by molar-refractivity contribution is -0.135. The maximum absolute atomic E-state index is 12.7. The van der Waals surface area contributed by atoms with Crippen LogP contribution >= 0.6 is 11.3 Å². The van der Waals surface area contributed by atoms with Crippen LogP contribution in [0, 0.1) is 12.8 Å². The van der Waals surface area contributed by atoms with Crippen molar-refractivity contribution in [2.75, 3.05) is 13.1 Å². The van der Waals surface area contributed by atoms with Crippen LogP contribution < -0.4 is 5.32 Å². The van der Waals surface area contributed by atoms with Crippen molar-refractivity contribution in [2.24, 2.45) is 5.92 Å². The summed E-state index contributed by atoms with van der Waals surface area (Å²) >= 11 is 1.48. The Balaban J connectivity index is 1.24. The van der Waals surface area contributed by atoms with E-state index in [2.05, 4.69) is 15.3 Å². The summed E-state index contributed by atoms with van der Waals surface area (Å²) in [5.41, 5.74) is 1.73. The zero-order valence-corrected chi connectivity index (χ0v) is 17.7. The van der Waals surface area contributed by atoms with Crippen molar-refractivity contribution in [1.29, 1.82) is 0 Å². The van der Waals surface area contributed by atoms with Crippen molar-refractivity contribution in [2.45, 2.75) is 32.7 Å². The van der Waals surface area contributed by atoms with Crippen molar-refractivity contribution in [3.8, 4) is 10.8 Å². The fourth-order valence-electron chi connectivity index (χ4n) is 3.54. The van der Waals surface area contributed by atoms with Crippen molar-refractivity contribution < 1.29 is 14.0 Å². The van der Waals surface area contributed by atoms with E-state index in [0.717, 1.165) is 27.8 Å². The normalized spacial score (nSPS) is 14.6. The van der Waals surface area contributed by atoms with E-state index in [1.54, 1.807) is 12.4 Å². The Kier molecular flexibility index (Phi) is 6.23. The monoisotopic (exact) mass is 424 g/mol. The molecule has 1 aliphatic heterocycles. The molecule has 1 N–H and O–H groups in total. The van der Waals surface area contributed by atoms with Crippen LogP contribution in [-0.2, 0) is 22.6 Å². The summed E-state index contributed by atoms with van der Waals surface area (Å²) in [4.78, 5) is 35.5. The van der Waals surface area contributed by atoms with Gasteiger partial charge in [0.1, 0.15) is 5.76 Å². The average Bonchev–Trinajstić information content (AvgIpc) is 3.41. The third-order valence-electron chi connectivity index (χ3n) is 5.24. The Morgan fingerprint density at radius 1 is 1.27 bits per heavy atom. The van der Waals surface area contributed by atoms with Crippen LogP contribution in [0.5, 0.6) is 0 Å². The smallest absolute Gasteiger partial charge is 0.228 e. The molecule has 3 aromatic heterocycles. The Morgan fingerprint density at radius 3 is 2.80 bits per heavy atom. The summed E-state index contributed by atoms with van der Waals surface area (Å²) in [6.45, 7) is 3.56. The number of pyridine rings is 1. The van der Waals surface area contributed by atoms with Gasteiger partial charge in [-0.1, -0.05) is 6.07 Å². The number of piperidine rings is 1. The molecule has 0 spiro atoms. The van der Waals surface area contributed by atoms with Crippen molar-refractivity contribution >= 4 is 23.2 Å². The minimum absolute atomic E-state index is 0.0452. The van der Waals surface area contributed by atoms with Gasteiger partial charge in [0.15, 0.2) is 10.8 Å². The molecule has 0 radical (unpaired) electrons. The predicted molar refractivity (Wildman–Crippen MR) is 114 cm³/mol. The van der Waals surface area contributed by atoms with Crippen LogP contribution in [0.15, 0.2) is 46.5 Å². The summed E-state index contributed by atoms with van der Waals surface area (Å²) < 4.78 is 5.60. The molecular formula is C22H24N4O3S. The topological polar surface area (TPSA) is 88.3 Å². The first-order valence-electron chi connectivity index (χ1n) is 10.0. The molecule has 1 fully saturated rings. The number of thiazole rings is 1. The second kappa shape index (κ2) is 9.21. The molecule has 0 atom stereocenters. The molecule has 0 saturated carbocycles. The average molecular weight is 425 g/mol. The summed E-state index contributed by atoms with van der Waals surface area (Å²) in [5.74, 6) is 1.61. The van der Waals surface area contributed by atoms with E-state index in [4.69, 9.17) is 4.42 Å². The molecule has 0 unspecified atom stereocenters. The van der Waals surface area contributed by atoms with Gasteiger partial charge in [-0.25, -0.2) is 4.98 Å². The fourth-order valence-corrected chi connectivity index (χ4v) is 4.32. The third-order valence-corrected chi connectivity index (χ3v) is 6.15. The van der Waals surface area contributed by atoms with Crippen molar-refractivity contribution in [3.05, 3.63) is 59.1 Å². The zero-order valence-electron chi connectivity index (χ0n) is 16.8. The zero-order chi connectivity index (χ0) is 20.9. The molecular weight excluding hydrogens is 400 g/mol. The Morgan fingerprint density at radius 2 is 2.10 bits per heavy atom. The number of nitrogens with zero attached hydrogens (tertiary/aromatic N) is 3. The summed E-state index contributed by atoms with van der Waals surface area (Å²) in [6, 6.07) is 7.58. The van der Waals surface area contributed by atoms with Gasteiger partial charge in [0, 0.05) is 43.3 Å². The second-order valence-electron chi connectivity index (χ2n) is 7.47. The number of carbonyl (C=O) groups is 2. The van der Waals surface area contributed by atoms with E-state index in [9.17, 15) is 9.59 Å². The number of carbonyl (C=O) groups excluding carboxylic acids is 2. The molecule has 2 amide bonds. The van der Waals surface area contributed by atoms with E-state index in [1.807, 2.05) is 41.5 Å². The first-order valence-corrected chi connectivity index (χ1v) is 10.9. The van der Waals surface area contributed by atoms with E-state index in [-0.39, 0.29) is 24.2 Å². The number of amides is 2. The lowest BCUT2D eigenvalue weighted by Crippen LogP contribution is -2.43. The number of hydrogen-bond acceptors (Lipinski definition) is 6. The van der Waals surface area contributed by atoms with Crippen molar-refractivity contribution in [3.63, 3.8) is 0 Å². The fraction of sp³-hybridized carbons (Fsp3) is 0.364. The van der Waals surface area contributed by atoms with Gasteiger partial charge in [0.25, 0.3) is 0 Å². The molecule has 1 saturated heterocycles. The van der Waals surface area contributed by atoms with E-state index < -0.39 is 0 Å². The maximum atomic E-state index is 12.7. The first kappa shape index (κ1) is 20.3. The molecule has 4 heterocycles. The molecule has 7 nitrogen and oxygen atoms in total. The predicted octanol–water partition coefficient (Wildman–Crippen LogP) is 3.20. The van der Waals surface area contributed by atoms with Crippen LogP contribution in [0.1, 0.15) is 29.9 Å². The van der Waals surface area contributed by atoms with Crippen LogP contribution in [-0.4, -0.2) is 39.8 Å². The Hall–Kier alpha value is -3.00. The summed E-state index contributed by atoms with van der Waals surface area (Å²) in [6.07, 6.45) is 5.09. The lowest BCUT2D eigenvalue weighted by atomic mass is 9.95. The first-order chi connectivity index (χ1) is 14.6. The molecule has 0 aliphatic carbocycles. The highest BCUT2D eigenvalue weighted by atomic mass is 32.1. The van der Waals surface area contributed by atoms with Crippen LogP contribution in [0.25, 0.3) is 10.8 Å². The van der Waals surface area contributed by atoms with E-state index in [1.165, 1.54) is 11.3 Å². The van der Waals surface area contributed by atoms with E-state index in [0.29, 0.717) is 32.5 Å². The standard InChI is InChI=1S/C22H24N4O3S/c1-15-4-5-19(29-15)22-25-18(14-30-22)11-20(27)26-9-6-17(7-10-26)21(28)24-13-16-3-2-8-23-12-16/h2-5,8,12,14,17H,6-7,9-11,13H2,1H3,(H,24,28). The van der Waals surface area contributed by atoms with Gasteiger partial charge in [-0.15, -0.1) is 11.3 Å². The quantitative estimate of drug-likeness (QED) is 0.656. The molecule has 0 aromatic carbocycles. The SMILES string of the molecule is Cc1ccc(-c2nc(CC(=O)N3CCC(C(=O)NCc4cccnc4)CC3)cs2)o1. The maximum Gasteiger partial charge on any atom is 0.228 e. The minimum Gasteiger partial charge on any atom is -0.459 e. The van der Waals surface area contributed by atoms with Crippen LogP contribution in [0.3, 0.4) is 0 Å². The summed E-state index contributed by atoms with van der Waals surface area (Å²) in [7, 11) is 0. The molecule has 3 aromatic rings. The molecule has 8 heteroatoms. The van der Waals surface area contributed by atoms with Gasteiger partial charge in [-0.2, -0.15) is 0 Å². The number of aromatic nitrogens is 2. The minimum atomic E-state index is -0.0567. The van der Waals surface area contributed by atoms with Crippen molar-refractivity contribution in [1.82, 2.24) is 20.2 Å². The largest absolute Gasteiger partial charge is 0.459 e. The molecule has 4 rings (SSSR count). The number of likely N-dealkylation sites (tertiary alicyclic amines) is 1. The molecule has 0 bridgehead atoms. The number of aryl methyl sites for hydroxylation is 1. The Bertz CT molecular complexity index is 1010. The van der Waals surface area contributed by atoms with Gasteiger partial charge in [-0.05, 0) is 43.5 Å². The number of hydrogen-bond donors (Lipinski definition) is 1. The third kappa shape index (κ3) is 4.94. The van der Waals surface area contributed by atoms with Crippen LogP contribution in [0.2, 0.25) is 0 Å². The molecule has 156 valence electrons. The van der Waals surface area contributed by atoms with E-state index >= 15 is 0 Å². The van der Waals surface area contributed by atoms with Gasteiger partial charge in [0.05, 0.1) is 12.1 Å². The van der Waals surface area contributed by atoms with Gasteiger partial charge in [-0.3, -0.25) is 14.6 Å². The second-order valence-corrected chi connectivity index (χ2v) is 8.32. The number of nitrogens with one attached hydrogen (secondary N) is 1. The van der Waals surface area contributed by atoms with Gasteiger partial charge < -0.3 is 14.6 Å². The molecule has 1 aliphatic rings. The molecule has 30 heavy (non-hydrogen) atoms. The lowest BCUT2D eigenvalue weighted by Gasteiger charge is -2.31. The number of furan rings is 1. The Labute approximate surface area is 179 Å². The van der Waals surface area contributed by atoms with Gasteiger partial charge >= 0.3 is 0 Å². The highest BCUT2D eigenvalue weighted by Crippen LogP contribution is 2.26. The highest BCUT2D eigenvalue weighted by molar-refractivity contribution is 7.13. The highest BCUT2D eigenvalue weighted by Gasteiger charge is 2.27. The number of rotatable bonds is 6. The summed E-state index contributed by atoms with van der Waals surface area (Å²) in [5, 5.41) is 5.67. The van der Waals surface area contributed by atoms with Crippen LogP contribution in [0.4, 0.5) is 0 Å². The van der Waals surface area contributed by atoms with Gasteiger partial charge in [0.2, 0.25) is 11.8 Å².